The largest absolute Gasteiger partial charge is 0.513 e. The molecule has 0 spiro atoms. The molecular weight excluding hydrogens is 320 g/mol. The quantitative estimate of drug-likeness (QED) is 0.612. The van der Waals surface area contributed by atoms with Crippen LogP contribution in [0.15, 0.2) is 24.0 Å². The molecule has 25 heavy (non-hydrogen) atoms. The fourth-order valence-corrected chi connectivity index (χ4v) is 2.96. The van der Waals surface area contributed by atoms with Crippen LogP contribution in [0.4, 0.5) is 4.79 Å². The SMILES string of the molecule is CC#Cc1ccc(C2=C(OC(=O)OC)C(CC)CCC2=O)c(OC)c1. The number of benzene rings is 1. The first-order chi connectivity index (χ1) is 12.0. The van der Waals surface area contributed by atoms with Crippen LogP contribution in [0.25, 0.3) is 5.57 Å². The number of hydrogen-bond acceptors (Lipinski definition) is 5. The Morgan fingerprint density at radius 2 is 2.08 bits per heavy atom. The van der Waals surface area contributed by atoms with E-state index in [1.807, 2.05) is 13.0 Å². The van der Waals surface area contributed by atoms with E-state index in [0.717, 1.165) is 12.0 Å². The zero-order valence-corrected chi connectivity index (χ0v) is 15.0. The van der Waals surface area contributed by atoms with Gasteiger partial charge in [0.15, 0.2) is 5.78 Å². The lowest BCUT2D eigenvalue weighted by Gasteiger charge is -2.26. The van der Waals surface area contributed by atoms with Crippen LogP contribution in [0.5, 0.6) is 5.75 Å². The standard InChI is InChI=1S/C20H22O5/c1-5-7-13-8-10-15(17(12-13)23-3)18-16(21)11-9-14(6-2)19(18)25-20(22)24-4/h8,10,12,14H,6,9,11H2,1-4H3. The van der Waals surface area contributed by atoms with Crippen molar-refractivity contribution in [3.05, 3.63) is 35.1 Å². The molecule has 0 saturated carbocycles. The van der Waals surface area contributed by atoms with Crippen molar-refractivity contribution in [2.24, 2.45) is 5.92 Å². The normalized spacial score (nSPS) is 16.8. The Morgan fingerprint density at radius 1 is 1.32 bits per heavy atom. The average Bonchev–Trinajstić information content (AvgIpc) is 2.62. The first-order valence-electron chi connectivity index (χ1n) is 8.20. The van der Waals surface area contributed by atoms with Gasteiger partial charge in [-0.2, -0.15) is 0 Å². The molecule has 0 saturated heterocycles. The van der Waals surface area contributed by atoms with Gasteiger partial charge in [0.2, 0.25) is 0 Å². The molecule has 1 aromatic rings. The number of methoxy groups -OCH3 is 2. The Bertz CT molecular complexity index is 764. The molecule has 0 aliphatic heterocycles. The van der Waals surface area contributed by atoms with Gasteiger partial charge in [-0.25, -0.2) is 4.79 Å². The predicted molar refractivity (Wildman–Crippen MR) is 94.0 cm³/mol. The number of Topliss-reactive ketones (excluding diaryl/α,β-unsaturated/α-hetero) is 1. The number of hydrogen-bond donors (Lipinski definition) is 0. The predicted octanol–water partition coefficient (Wildman–Crippen LogP) is 3.95. The van der Waals surface area contributed by atoms with Crippen molar-refractivity contribution in [2.45, 2.75) is 33.1 Å². The summed E-state index contributed by atoms with van der Waals surface area (Å²) in [6.45, 7) is 3.75. The van der Waals surface area contributed by atoms with Crippen molar-refractivity contribution < 1.29 is 23.8 Å². The Labute approximate surface area is 148 Å². The third-order valence-corrected chi connectivity index (χ3v) is 4.21. The number of carbonyl (C=O) groups excluding carboxylic acids is 2. The Morgan fingerprint density at radius 3 is 2.68 bits per heavy atom. The molecule has 0 radical (unpaired) electrons. The maximum Gasteiger partial charge on any atom is 0.513 e. The number of ketones is 1. The fraction of sp³-hybridized carbons (Fsp3) is 0.400. The fourth-order valence-electron chi connectivity index (χ4n) is 2.96. The van der Waals surface area contributed by atoms with Crippen molar-refractivity contribution in [3.63, 3.8) is 0 Å². The summed E-state index contributed by atoms with van der Waals surface area (Å²) in [5.41, 5.74) is 1.78. The van der Waals surface area contributed by atoms with Crippen LogP contribution >= 0.6 is 0 Å². The second-order valence-electron chi connectivity index (χ2n) is 5.65. The van der Waals surface area contributed by atoms with E-state index < -0.39 is 6.16 Å². The van der Waals surface area contributed by atoms with E-state index in [4.69, 9.17) is 9.47 Å². The molecule has 0 heterocycles. The molecule has 5 nitrogen and oxygen atoms in total. The lowest BCUT2D eigenvalue weighted by atomic mass is 9.82. The van der Waals surface area contributed by atoms with E-state index >= 15 is 0 Å². The first-order valence-corrected chi connectivity index (χ1v) is 8.20. The lowest BCUT2D eigenvalue weighted by Crippen LogP contribution is -2.22. The molecular formula is C20H22O5. The highest BCUT2D eigenvalue weighted by Gasteiger charge is 2.33. The topological polar surface area (TPSA) is 61.8 Å². The van der Waals surface area contributed by atoms with Crippen LogP contribution in [-0.2, 0) is 14.3 Å². The summed E-state index contributed by atoms with van der Waals surface area (Å²) >= 11 is 0. The van der Waals surface area contributed by atoms with E-state index in [9.17, 15) is 9.59 Å². The van der Waals surface area contributed by atoms with Crippen LogP contribution in [0.1, 0.15) is 44.2 Å². The number of ether oxygens (including phenoxy) is 3. The Balaban J connectivity index is 2.65. The molecule has 0 amide bonds. The second-order valence-corrected chi connectivity index (χ2v) is 5.65. The van der Waals surface area contributed by atoms with Gasteiger partial charge in [0, 0.05) is 23.5 Å². The van der Waals surface area contributed by atoms with E-state index in [0.29, 0.717) is 35.5 Å². The zero-order chi connectivity index (χ0) is 18.4. The summed E-state index contributed by atoms with van der Waals surface area (Å²) in [5.74, 6) is 6.58. The van der Waals surface area contributed by atoms with E-state index in [1.54, 1.807) is 19.1 Å². The zero-order valence-electron chi connectivity index (χ0n) is 15.0. The maximum atomic E-state index is 12.6. The molecule has 0 bridgehead atoms. The van der Waals surface area contributed by atoms with Crippen molar-refractivity contribution in [3.8, 4) is 17.6 Å². The van der Waals surface area contributed by atoms with Gasteiger partial charge in [0.1, 0.15) is 11.5 Å². The minimum absolute atomic E-state index is 0.0217. The molecule has 5 heteroatoms. The number of rotatable bonds is 4. The van der Waals surface area contributed by atoms with Crippen molar-refractivity contribution >= 4 is 17.5 Å². The van der Waals surface area contributed by atoms with Gasteiger partial charge in [0.25, 0.3) is 0 Å². The molecule has 2 rings (SSSR count). The minimum atomic E-state index is -0.826. The highest BCUT2D eigenvalue weighted by molar-refractivity contribution is 6.23. The second kappa shape index (κ2) is 8.39. The highest BCUT2D eigenvalue weighted by atomic mass is 16.7. The first kappa shape index (κ1) is 18.6. The van der Waals surface area contributed by atoms with Gasteiger partial charge in [-0.1, -0.05) is 12.8 Å². The molecule has 132 valence electrons. The van der Waals surface area contributed by atoms with Crippen molar-refractivity contribution in [2.75, 3.05) is 14.2 Å². The van der Waals surface area contributed by atoms with Gasteiger partial charge >= 0.3 is 6.16 Å². The summed E-state index contributed by atoms with van der Waals surface area (Å²) in [6, 6.07) is 5.38. The van der Waals surface area contributed by atoms with Gasteiger partial charge in [-0.05, 0) is 38.0 Å². The summed E-state index contributed by atoms with van der Waals surface area (Å²) in [7, 11) is 2.78. The minimum Gasteiger partial charge on any atom is -0.496 e. The monoisotopic (exact) mass is 342 g/mol. The summed E-state index contributed by atoms with van der Waals surface area (Å²) in [5, 5.41) is 0. The van der Waals surface area contributed by atoms with E-state index in [1.165, 1.54) is 14.2 Å². The number of carbonyl (C=O) groups is 2. The van der Waals surface area contributed by atoms with Gasteiger partial charge in [-0.15, -0.1) is 5.92 Å². The Hall–Kier alpha value is -2.74. The van der Waals surface area contributed by atoms with Crippen molar-refractivity contribution in [1.82, 2.24) is 0 Å². The maximum absolute atomic E-state index is 12.6. The molecule has 1 atom stereocenters. The molecule has 1 aliphatic carbocycles. The van der Waals surface area contributed by atoms with Crippen LogP contribution in [0.3, 0.4) is 0 Å². The third kappa shape index (κ3) is 4.03. The molecule has 1 unspecified atom stereocenters. The smallest absolute Gasteiger partial charge is 0.496 e. The van der Waals surface area contributed by atoms with Crippen LogP contribution in [0, 0.1) is 17.8 Å². The van der Waals surface area contributed by atoms with Crippen LogP contribution < -0.4 is 4.74 Å². The van der Waals surface area contributed by atoms with E-state index in [-0.39, 0.29) is 11.7 Å². The van der Waals surface area contributed by atoms with Crippen LogP contribution in [0.2, 0.25) is 0 Å². The van der Waals surface area contributed by atoms with Crippen LogP contribution in [-0.4, -0.2) is 26.2 Å². The molecule has 1 aliphatic rings. The van der Waals surface area contributed by atoms with Gasteiger partial charge < -0.3 is 14.2 Å². The Kier molecular flexibility index (Phi) is 6.24. The van der Waals surface area contributed by atoms with Gasteiger partial charge in [-0.3, -0.25) is 4.79 Å². The molecule has 0 N–H and O–H groups in total. The highest BCUT2D eigenvalue weighted by Crippen LogP contribution is 2.39. The van der Waals surface area contributed by atoms with Gasteiger partial charge in [0.05, 0.1) is 19.8 Å². The van der Waals surface area contributed by atoms with Crippen molar-refractivity contribution in [1.29, 1.82) is 0 Å². The summed E-state index contributed by atoms with van der Waals surface area (Å²) in [6.07, 6.45) is 0.979. The third-order valence-electron chi connectivity index (χ3n) is 4.21. The number of allylic oxidation sites excluding steroid dienone is 2. The summed E-state index contributed by atoms with van der Waals surface area (Å²) in [4.78, 5) is 24.3. The molecule has 0 fully saturated rings. The van der Waals surface area contributed by atoms with E-state index in [2.05, 4.69) is 16.6 Å². The lowest BCUT2D eigenvalue weighted by molar-refractivity contribution is -0.114. The molecule has 1 aromatic carbocycles. The summed E-state index contributed by atoms with van der Waals surface area (Å²) < 4.78 is 15.4. The molecule has 0 aromatic heterocycles. The average molecular weight is 342 g/mol.